The molecule has 5 heteroatoms. The lowest BCUT2D eigenvalue weighted by Crippen LogP contribution is -2.43. The highest BCUT2D eigenvalue weighted by molar-refractivity contribution is 5.24. The predicted octanol–water partition coefficient (Wildman–Crippen LogP) is 1.35. The number of nitrogens with zero attached hydrogens (tertiary/aromatic N) is 3. The summed E-state index contributed by atoms with van der Waals surface area (Å²) >= 11 is 0. The van der Waals surface area contributed by atoms with Crippen molar-refractivity contribution in [2.75, 3.05) is 26.7 Å². The van der Waals surface area contributed by atoms with E-state index in [1.807, 2.05) is 7.05 Å². The van der Waals surface area contributed by atoms with E-state index in [9.17, 15) is 0 Å². The average molecular weight is 276 g/mol. The van der Waals surface area contributed by atoms with E-state index in [2.05, 4.69) is 34.0 Å². The Kier molecular flexibility index (Phi) is 4.01. The van der Waals surface area contributed by atoms with Crippen molar-refractivity contribution in [1.82, 2.24) is 20.2 Å². The number of aryl methyl sites for hydroxylation is 2. The number of hydrogen-bond acceptors (Lipinski definition) is 5. The highest BCUT2D eigenvalue weighted by Gasteiger charge is 2.34. The largest absolute Gasteiger partial charge is 0.367 e. The van der Waals surface area contributed by atoms with Gasteiger partial charge in [-0.15, -0.1) is 0 Å². The van der Waals surface area contributed by atoms with Gasteiger partial charge in [-0.2, -0.15) is 0 Å². The molecule has 0 bridgehead atoms. The number of ether oxygens (including phenoxy) is 1. The summed E-state index contributed by atoms with van der Waals surface area (Å²) in [4.78, 5) is 11.9. The Labute approximate surface area is 120 Å². The molecule has 20 heavy (non-hydrogen) atoms. The van der Waals surface area contributed by atoms with Gasteiger partial charge in [0.25, 0.3) is 0 Å². The Hall–Kier alpha value is -1.04. The fourth-order valence-electron chi connectivity index (χ4n) is 3.32. The van der Waals surface area contributed by atoms with Gasteiger partial charge in [0.2, 0.25) is 0 Å². The summed E-state index contributed by atoms with van der Waals surface area (Å²) in [6.45, 7) is 7.90. The predicted molar refractivity (Wildman–Crippen MR) is 77.6 cm³/mol. The molecule has 5 nitrogen and oxygen atoms in total. The number of rotatable bonds is 3. The highest BCUT2D eigenvalue weighted by atomic mass is 16.5. The van der Waals surface area contributed by atoms with Crippen molar-refractivity contribution in [1.29, 1.82) is 0 Å². The van der Waals surface area contributed by atoms with Crippen LogP contribution in [0.2, 0.25) is 0 Å². The van der Waals surface area contributed by atoms with E-state index in [0.717, 1.165) is 36.9 Å². The normalized spacial score (nSPS) is 26.8. The van der Waals surface area contributed by atoms with Crippen LogP contribution in [0.25, 0.3) is 0 Å². The third-order valence-electron chi connectivity index (χ3n) is 4.47. The molecule has 2 aliphatic heterocycles. The Morgan fingerprint density at radius 1 is 1.30 bits per heavy atom. The molecule has 3 rings (SSSR count). The van der Waals surface area contributed by atoms with Gasteiger partial charge in [0.05, 0.1) is 6.61 Å². The van der Waals surface area contributed by atoms with Crippen LogP contribution in [0.15, 0.2) is 0 Å². The van der Waals surface area contributed by atoms with Crippen LogP contribution in [0.1, 0.15) is 41.7 Å². The van der Waals surface area contributed by atoms with Crippen LogP contribution in [0.3, 0.4) is 0 Å². The lowest BCUT2D eigenvalue weighted by atomic mass is 10.1. The Balaban J connectivity index is 1.80. The van der Waals surface area contributed by atoms with Gasteiger partial charge in [0.1, 0.15) is 6.10 Å². The second kappa shape index (κ2) is 5.76. The van der Waals surface area contributed by atoms with Gasteiger partial charge in [0, 0.05) is 36.1 Å². The quantitative estimate of drug-likeness (QED) is 0.903. The molecular formula is C15H24N4O. The second-order valence-corrected chi connectivity index (χ2v) is 5.87. The number of nitrogens with one attached hydrogen (secondary N) is 1. The first-order chi connectivity index (χ1) is 9.69. The topological polar surface area (TPSA) is 50.3 Å². The molecule has 2 aliphatic rings. The summed E-state index contributed by atoms with van der Waals surface area (Å²) in [5.41, 5.74) is 3.33. The molecule has 2 unspecified atom stereocenters. The molecule has 2 atom stereocenters. The molecule has 0 spiro atoms. The molecule has 110 valence electrons. The minimum absolute atomic E-state index is 0.0328. The van der Waals surface area contributed by atoms with E-state index < -0.39 is 0 Å². The van der Waals surface area contributed by atoms with Gasteiger partial charge >= 0.3 is 0 Å². The lowest BCUT2D eigenvalue weighted by molar-refractivity contribution is -0.0542. The molecule has 3 heterocycles. The fraction of sp³-hybridized carbons (Fsp3) is 0.733. The summed E-state index contributed by atoms with van der Waals surface area (Å²) < 4.78 is 6.01. The van der Waals surface area contributed by atoms with E-state index in [1.165, 1.54) is 24.9 Å². The van der Waals surface area contributed by atoms with Gasteiger partial charge in [-0.05, 0) is 40.3 Å². The molecule has 0 aliphatic carbocycles. The van der Waals surface area contributed by atoms with Crippen molar-refractivity contribution >= 4 is 0 Å². The van der Waals surface area contributed by atoms with E-state index in [0.29, 0.717) is 6.04 Å². The van der Waals surface area contributed by atoms with Gasteiger partial charge in [-0.25, -0.2) is 9.97 Å². The number of hydrogen-bond donors (Lipinski definition) is 1. The smallest absolute Gasteiger partial charge is 0.158 e. The van der Waals surface area contributed by atoms with Crippen LogP contribution in [0.4, 0.5) is 0 Å². The van der Waals surface area contributed by atoms with Crippen molar-refractivity contribution in [2.24, 2.45) is 0 Å². The Morgan fingerprint density at radius 3 is 2.75 bits per heavy atom. The molecule has 0 amide bonds. The Bertz CT molecular complexity index is 468. The van der Waals surface area contributed by atoms with Gasteiger partial charge in [-0.1, -0.05) is 0 Å². The summed E-state index contributed by atoms with van der Waals surface area (Å²) in [5.74, 6) is 0.852. The van der Waals surface area contributed by atoms with Crippen LogP contribution in [-0.2, 0) is 11.3 Å². The molecule has 0 aromatic carbocycles. The third-order valence-corrected chi connectivity index (χ3v) is 4.47. The number of morpholine rings is 1. The first-order valence-corrected chi connectivity index (χ1v) is 7.53. The maximum atomic E-state index is 6.01. The van der Waals surface area contributed by atoms with Crippen molar-refractivity contribution in [3.05, 3.63) is 22.8 Å². The maximum absolute atomic E-state index is 6.01. The summed E-state index contributed by atoms with van der Waals surface area (Å²) in [5, 5.41) is 3.18. The summed E-state index contributed by atoms with van der Waals surface area (Å²) in [7, 11) is 1.95. The van der Waals surface area contributed by atoms with Gasteiger partial charge < -0.3 is 10.1 Å². The molecule has 1 aromatic heterocycles. The first-order valence-electron chi connectivity index (χ1n) is 7.53. The van der Waals surface area contributed by atoms with Crippen LogP contribution < -0.4 is 5.32 Å². The monoisotopic (exact) mass is 276 g/mol. The zero-order valence-corrected chi connectivity index (χ0v) is 12.6. The van der Waals surface area contributed by atoms with Gasteiger partial charge in [0.15, 0.2) is 5.82 Å². The minimum Gasteiger partial charge on any atom is -0.367 e. The molecule has 2 fully saturated rings. The Morgan fingerprint density at radius 2 is 2.05 bits per heavy atom. The first kappa shape index (κ1) is 13.9. The molecule has 0 radical (unpaired) electrons. The minimum atomic E-state index is 0.0328. The second-order valence-electron chi connectivity index (χ2n) is 5.87. The molecule has 2 saturated heterocycles. The van der Waals surface area contributed by atoms with Crippen molar-refractivity contribution < 1.29 is 4.74 Å². The van der Waals surface area contributed by atoms with E-state index in [4.69, 9.17) is 4.74 Å². The zero-order valence-electron chi connectivity index (χ0n) is 12.6. The van der Waals surface area contributed by atoms with Gasteiger partial charge in [-0.3, -0.25) is 4.90 Å². The van der Waals surface area contributed by atoms with Crippen molar-refractivity contribution in [3.8, 4) is 0 Å². The summed E-state index contributed by atoms with van der Waals surface area (Å²) in [6, 6.07) is 0.622. The third kappa shape index (κ3) is 2.57. The molecular weight excluding hydrogens is 252 g/mol. The number of aromatic nitrogens is 2. The maximum Gasteiger partial charge on any atom is 0.158 e. The molecule has 1 N–H and O–H groups in total. The SMILES string of the molecule is CNCc1c(C)nc(C2CN3CCCC3CO2)nc1C. The van der Waals surface area contributed by atoms with Crippen molar-refractivity contribution in [3.63, 3.8) is 0 Å². The highest BCUT2D eigenvalue weighted by Crippen LogP contribution is 2.29. The summed E-state index contributed by atoms with van der Waals surface area (Å²) in [6.07, 6.45) is 2.60. The fourth-order valence-corrected chi connectivity index (χ4v) is 3.32. The van der Waals surface area contributed by atoms with Crippen LogP contribution in [0.5, 0.6) is 0 Å². The average Bonchev–Trinajstić information content (AvgIpc) is 2.90. The van der Waals surface area contributed by atoms with E-state index >= 15 is 0 Å². The van der Waals surface area contributed by atoms with E-state index in [-0.39, 0.29) is 6.10 Å². The van der Waals surface area contributed by atoms with Crippen molar-refractivity contribution in [2.45, 2.75) is 45.4 Å². The molecule has 1 aromatic rings. The van der Waals surface area contributed by atoms with Crippen LogP contribution >= 0.6 is 0 Å². The molecule has 0 saturated carbocycles. The van der Waals surface area contributed by atoms with Crippen LogP contribution in [0, 0.1) is 13.8 Å². The number of fused-ring (bicyclic) bond motifs is 1. The lowest BCUT2D eigenvalue weighted by Gasteiger charge is -2.34. The van der Waals surface area contributed by atoms with Crippen LogP contribution in [-0.4, -0.2) is 47.7 Å². The van der Waals surface area contributed by atoms with E-state index in [1.54, 1.807) is 0 Å². The standard InChI is InChI=1S/C15H24N4O/c1-10-13(7-16-3)11(2)18-15(17-10)14-8-19-6-4-5-12(19)9-20-14/h12,14,16H,4-9H2,1-3H3. The zero-order chi connectivity index (χ0) is 14.1.